The highest BCUT2D eigenvalue weighted by atomic mass is 16.3. The number of aromatic nitrogens is 2. The van der Waals surface area contributed by atoms with Crippen LogP contribution in [0.25, 0.3) is 0 Å². The van der Waals surface area contributed by atoms with Crippen LogP contribution in [0.5, 0.6) is 0 Å². The summed E-state index contributed by atoms with van der Waals surface area (Å²) in [6.07, 6.45) is 4.11. The number of nitrogens with zero attached hydrogens (tertiary/aromatic N) is 2. The van der Waals surface area contributed by atoms with Crippen molar-refractivity contribution in [2.75, 3.05) is 0 Å². The topological polar surface area (TPSA) is 46.0 Å². The molecule has 3 nitrogen and oxygen atoms in total. The van der Waals surface area contributed by atoms with Crippen LogP contribution in [-0.2, 0) is 0 Å². The maximum Gasteiger partial charge on any atom is 0.115 e. The zero-order valence-electron chi connectivity index (χ0n) is 10.3. The first-order chi connectivity index (χ1) is 8.09. The first-order valence-electron chi connectivity index (χ1n) is 5.60. The van der Waals surface area contributed by atoms with Gasteiger partial charge in [-0.15, -0.1) is 0 Å². The van der Waals surface area contributed by atoms with Gasteiger partial charge in [0, 0.05) is 18.0 Å². The molecule has 88 valence electrons. The number of benzene rings is 1. The van der Waals surface area contributed by atoms with Crippen LogP contribution in [0.15, 0.2) is 30.9 Å². The summed E-state index contributed by atoms with van der Waals surface area (Å²) in [4.78, 5) is 7.87. The smallest absolute Gasteiger partial charge is 0.115 e. The minimum Gasteiger partial charge on any atom is -0.384 e. The first kappa shape index (κ1) is 11.7. The van der Waals surface area contributed by atoms with Crippen molar-refractivity contribution in [2.24, 2.45) is 0 Å². The predicted molar refractivity (Wildman–Crippen MR) is 66.7 cm³/mol. The number of aliphatic hydroxyl groups is 1. The second-order valence-electron chi connectivity index (χ2n) is 4.39. The summed E-state index contributed by atoms with van der Waals surface area (Å²) >= 11 is 0. The molecule has 0 aliphatic rings. The molecule has 2 aromatic rings. The van der Waals surface area contributed by atoms with Crippen LogP contribution in [0.1, 0.15) is 33.9 Å². The Labute approximate surface area is 101 Å². The third-order valence-corrected chi connectivity index (χ3v) is 2.91. The van der Waals surface area contributed by atoms with E-state index in [1.807, 2.05) is 13.8 Å². The Balaban J connectivity index is 2.48. The number of aliphatic hydroxyl groups excluding tert-OH is 1. The van der Waals surface area contributed by atoms with Gasteiger partial charge in [-0.25, -0.2) is 9.97 Å². The zero-order valence-corrected chi connectivity index (χ0v) is 10.3. The summed E-state index contributed by atoms with van der Waals surface area (Å²) in [7, 11) is 0. The molecule has 0 bridgehead atoms. The number of aryl methyl sites for hydroxylation is 3. The maximum atomic E-state index is 10.4. The van der Waals surface area contributed by atoms with Gasteiger partial charge >= 0.3 is 0 Å². The Morgan fingerprint density at radius 1 is 1.00 bits per heavy atom. The minimum atomic E-state index is -0.656. The molecule has 0 fully saturated rings. The predicted octanol–water partition coefficient (Wildman–Crippen LogP) is 2.48. The van der Waals surface area contributed by atoms with E-state index in [9.17, 15) is 5.11 Å². The number of hydrogen-bond acceptors (Lipinski definition) is 3. The van der Waals surface area contributed by atoms with Crippen LogP contribution >= 0.6 is 0 Å². The van der Waals surface area contributed by atoms with Crippen LogP contribution in [0.3, 0.4) is 0 Å². The molecule has 17 heavy (non-hydrogen) atoms. The highest BCUT2D eigenvalue weighted by Crippen LogP contribution is 2.27. The molecule has 2 rings (SSSR count). The van der Waals surface area contributed by atoms with E-state index >= 15 is 0 Å². The second kappa shape index (κ2) is 4.63. The lowest BCUT2D eigenvalue weighted by Crippen LogP contribution is -2.05. The van der Waals surface area contributed by atoms with Gasteiger partial charge in [0.2, 0.25) is 0 Å². The van der Waals surface area contributed by atoms with Gasteiger partial charge in [0.05, 0.1) is 0 Å². The van der Waals surface area contributed by atoms with Crippen molar-refractivity contribution in [1.82, 2.24) is 9.97 Å². The number of hydrogen-bond donors (Lipinski definition) is 1. The maximum absolute atomic E-state index is 10.4. The second-order valence-corrected chi connectivity index (χ2v) is 4.39. The quantitative estimate of drug-likeness (QED) is 0.859. The largest absolute Gasteiger partial charge is 0.384 e. The normalized spacial score (nSPS) is 12.5. The average Bonchev–Trinajstić information content (AvgIpc) is 2.28. The van der Waals surface area contributed by atoms with E-state index in [0.717, 1.165) is 22.3 Å². The molecular formula is C14H16N2O. The van der Waals surface area contributed by atoms with Crippen molar-refractivity contribution in [3.05, 3.63) is 58.7 Å². The summed E-state index contributed by atoms with van der Waals surface area (Å²) in [6, 6.07) is 4.16. The van der Waals surface area contributed by atoms with Gasteiger partial charge in [-0.1, -0.05) is 17.7 Å². The van der Waals surface area contributed by atoms with Gasteiger partial charge in [-0.2, -0.15) is 0 Å². The summed E-state index contributed by atoms with van der Waals surface area (Å²) < 4.78 is 0. The van der Waals surface area contributed by atoms with Crippen LogP contribution in [0.4, 0.5) is 0 Å². The molecule has 0 saturated carbocycles. The lowest BCUT2D eigenvalue weighted by Gasteiger charge is -2.17. The lowest BCUT2D eigenvalue weighted by molar-refractivity contribution is 0.218. The van der Waals surface area contributed by atoms with Gasteiger partial charge in [-0.3, -0.25) is 0 Å². The van der Waals surface area contributed by atoms with Crippen LogP contribution < -0.4 is 0 Å². The third kappa shape index (κ3) is 2.34. The average molecular weight is 228 g/mol. The number of rotatable bonds is 2. The van der Waals surface area contributed by atoms with E-state index in [1.165, 1.54) is 11.9 Å². The van der Waals surface area contributed by atoms with Crippen molar-refractivity contribution in [2.45, 2.75) is 26.9 Å². The monoisotopic (exact) mass is 228 g/mol. The molecule has 0 spiro atoms. The Hall–Kier alpha value is -1.74. The lowest BCUT2D eigenvalue weighted by atomic mass is 9.93. The highest BCUT2D eigenvalue weighted by molar-refractivity contribution is 5.42. The van der Waals surface area contributed by atoms with Crippen molar-refractivity contribution >= 4 is 0 Å². The van der Waals surface area contributed by atoms with Crippen molar-refractivity contribution < 1.29 is 5.11 Å². The molecular weight excluding hydrogens is 212 g/mol. The third-order valence-electron chi connectivity index (χ3n) is 2.91. The van der Waals surface area contributed by atoms with E-state index < -0.39 is 6.10 Å². The van der Waals surface area contributed by atoms with E-state index in [4.69, 9.17) is 0 Å². The van der Waals surface area contributed by atoms with Gasteiger partial charge in [0.1, 0.15) is 12.4 Å². The van der Waals surface area contributed by atoms with E-state index in [1.54, 1.807) is 12.4 Å². The molecule has 1 heterocycles. The molecule has 1 N–H and O–H groups in total. The molecule has 1 aromatic heterocycles. The highest BCUT2D eigenvalue weighted by Gasteiger charge is 2.16. The van der Waals surface area contributed by atoms with E-state index in [2.05, 4.69) is 29.0 Å². The molecule has 1 aromatic carbocycles. The Morgan fingerprint density at radius 2 is 1.53 bits per heavy atom. The van der Waals surface area contributed by atoms with Crippen LogP contribution in [-0.4, -0.2) is 15.1 Å². The Kier molecular flexibility index (Phi) is 3.20. The molecule has 0 saturated heterocycles. The standard InChI is InChI=1S/C14H16N2O/c1-9-4-10(2)13(11(3)5-9)14(17)12-6-15-8-16-7-12/h4-8,14,17H,1-3H3. The summed E-state index contributed by atoms with van der Waals surface area (Å²) in [6.45, 7) is 6.09. The minimum absolute atomic E-state index is 0.656. The van der Waals surface area contributed by atoms with Crippen molar-refractivity contribution in [1.29, 1.82) is 0 Å². The zero-order chi connectivity index (χ0) is 12.4. The van der Waals surface area contributed by atoms with Gasteiger partial charge in [-0.05, 0) is 37.5 Å². The molecule has 0 aliphatic carbocycles. The molecule has 0 radical (unpaired) electrons. The molecule has 0 amide bonds. The fourth-order valence-corrected chi connectivity index (χ4v) is 2.24. The van der Waals surface area contributed by atoms with E-state index in [-0.39, 0.29) is 0 Å². The van der Waals surface area contributed by atoms with Crippen molar-refractivity contribution in [3.8, 4) is 0 Å². The molecule has 1 atom stereocenters. The molecule has 0 aliphatic heterocycles. The van der Waals surface area contributed by atoms with Gasteiger partial charge in [0.25, 0.3) is 0 Å². The molecule has 1 unspecified atom stereocenters. The summed E-state index contributed by atoms with van der Waals surface area (Å²) in [5.41, 5.74) is 5.07. The van der Waals surface area contributed by atoms with Gasteiger partial charge in [0.15, 0.2) is 0 Å². The molecule has 3 heteroatoms. The fourth-order valence-electron chi connectivity index (χ4n) is 2.24. The summed E-state index contributed by atoms with van der Waals surface area (Å²) in [5.74, 6) is 0. The van der Waals surface area contributed by atoms with Crippen LogP contribution in [0, 0.1) is 20.8 Å². The SMILES string of the molecule is Cc1cc(C)c(C(O)c2cncnc2)c(C)c1. The van der Waals surface area contributed by atoms with E-state index in [0.29, 0.717) is 0 Å². The van der Waals surface area contributed by atoms with Gasteiger partial charge < -0.3 is 5.11 Å². The van der Waals surface area contributed by atoms with Crippen molar-refractivity contribution in [3.63, 3.8) is 0 Å². The Morgan fingerprint density at radius 3 is 2.06 bits per heavy atom. The fraction of sp³-hybridized carbons (Fsp3) is 0.286. The Bertz CT molecular complexity index is 500. The summed E-state index contributed by atoms with van der Waals surface area (Å²) in [5, 5.41) is 10.4. The van der Waals surface area contributed by atoms with Crippen LogP contribution in [0.2, 0.25) is 0 Å². The first-order valence-corrected chi connectivity index (χ1v) is 5.60.